The van der Waals surface area contributed by atoms with Crippen molar-refractivity contribution in [2.24, 2.45) is 11.7 Å². The molecule has 2 rings (SSSR count). The molecule has 92 valence electrons. The maximum absolute atomic E-state index is 13.2. The van der Waals surface area contributed by atoms with E-state index in [0.717, 1.165) is 18.5 Å². The molecule has 1 aromatic rings. The molecule has 4 heteroatoms. The van der Waals surface area contributed by atoms with Gasteiger partial charge >= 0.3 is 0 Å². The van der Waals surface area contributed by atoms with E-state index in [1.165, 1.54) is 12.1 Å². The predicted molar refractivity (Wildman–Crippen MR) is 63.7 cm³/mol. The van der Waals surface area contributed by atoms with Crippen LogP contribution >= 0.6 is 0 Å². The van der Waals surface area contributed by atoms with Gasteiger partial charge in [-0.05, 0) is 30.0 Å². The molecule has 0 aromatic heterocycles. The van der Waals surface area contributed by atoms with Gasteiger partial charge in [0.05, 0.1) is 6.54 Å². The summed E-state index contributed by atoms with van der Waals surface area (Å²) in [6, 6.07) is 6.68. The summed E-state index contributed by atoms with van der Waals surface area (Å²) in [5, 5.41) is 0. The molecular weight excluding hydrogens is 219 g/mol. The van der Waals surface area contributed by atoms with Gasteiger partial charge in [-0.25, -0.2) is 4.39 Å². The van der Waals surface area contributed by atoms with Crippen LogP contribution in [0.1, 0.15) is 24.9 Å². The molecule has 1 aliphatic rings. The van der Waals surface area contributed by atoms with E-state index < -0.39 is 0 Å². The Labute approximate surface area is 100 Å². The first kappa shape index (κ1) is 12.0. The molecule has 1 amide bonds. The predicted octanol–water partition coefficient (Wildman–Crippen LogP) is 1.69. The number of likely N-dealkylation sites (tertiary alicyclic amines) is 1. The number of nitrogens with zero attached hydrogens (tertiary/aromatic N) is 1. The number of amides is 1. The SMILES string of the molecule is CC1CC(c2cccc(F)c2)N(CC(N)=O)C1. The van der Waals surface area contributed by atoms with Gasteiger partial charge in [0.25, 0.3) is 0 Å². The maximum atomic E-state index is 13.2. The Hall–Kier alpha value is -1.42. The van der Waals surface area contributed by atoms with Crippen LogP contribution in [0.3, 0.4) is 0 Å². The third-order valence-corrected chi connectivity index (χ3v) is 3.20. The van der Waals surface area contributed by atoms with E-state index in [-0.39, 0.29) is 24.3 Å². The third-order valence-electron chi connectivity index (χ3n) is 3.20. The van der Waals surface area contributed by atoms with Crippen molar-refractivity contribution in [3.05, 3.63) is 35.6 Å². The van der Waals surface area contributed by atoms with Crippen molar-refractivity contribution < 1.29 is 9.18 Å². The van der Waals surface area contributed by atoms with Crippen LogP contribution in [0.2, 0.25) is 0 Å². The highest BCUT2D eigenvalue weighted by Crippen LogP contribution is 2.34. The molecular formula is C13H17FN2O. The van der Waals surface area contributed by atoms with Crippen molar-refractivity contribution >= 4 is 5.91 Å². The topological polar surface area (TPSA) is 46.3 Å². The molecule has 1 aromatic carbocycles. The van der Waals surface area contributed by atoms with Crippen LogP contribution in [-0.2, 0) is 4.79 Å². The average Bonchev–Trinajstić information content (AvgIpc) is 2.58. The fourth-order valence-electron chi connectivity index (χ4n) is 2.57. The Morgan fingerprint density at radius 2 is 2.35 bits per heavy atom. The molecule has 2 atom stereocenters. The second-order valence-corrected chi connectivity index (χ2v) is 4.81. The lowest BCUT2D eigenvalue weighted by Crippen LogP contribution is -2.33. The number of nitrogens with two attached hydrogens (primary N) is 1. The molecule has 1 aliphatic heterocycles. The number of carbonyl (C=O) groups is 1. The van der Waals surface area contributed by atoms with Gasteiger partial charge < -0.3 is 5.73 Å². The van der Waals surface area contributed by atoms with Crippen LogP contribution < -0.4 is 5.73 Å². The van der Waals surface area contributed by atoms with Gasteiger partial charge in [-0.1, -0.05) is 19.1 Å². The molecule has 0 spiro atoms. The molecule has 2 N–H and O–H groups in total. The lowest BCUT2D eigenvalue weighted by atomic mass is 10.0. The minimum Gasteiger partial charge on any atom is -0.369 e. The summed E-state index contributed by atoms with van der Waals surface area (Å²) in [7, 11) is 0. The monoisotopic (exact) mass is 236 g/mol. The molecule has 0 radical (unpaired) electrons. The lowest BCUT2D eigenvalue weighted by Gasteiger charge is -2.23. The van der Waals surface area contributed by atoms with Gasteiger partial charge in [0.15, 0.2) is 0 Å². The highest BCUT2D eigenvalue weighted by atomic mass is 19.1. The van der Waals surface area contributed by atoms with E-state index in [2.05, 4.69) is 6.92 Å². The Morgan fingerprint density at radius 3 is 3.00 bits per heavy atom. The van der Waals surface area contributed by atoms with Crippen molar-refractivity contribution in [3.63, 3.8) is 0 Å². The largest absolute Gasteiger partial charge is 0.369 e. The smallest absolute Gasteiger partial charge is 0.231 e. The number of benzene rings is 1. The van der Waals surface area contributed by atoms with Crippen molar-refractivity contribution in [1.29, 1.82) is 0 Å². The zero-order valence-corrected chi connectivity index (χ0v) is 9.90. The van der Waals surface area contributed by atoms with Crippen LogP contribution in [0.15, 0.2) is 24.3 Å². The molecule has 0 aliphatic carbocycles. The molecule has 1 saturated heterocycles. The Morgan fingerprint density at radius 1 is 1.59 bits per heavy atom. The van der Waals surface area contributed by atoms with Gasteiger partial charge in [-0.15, -0.1) is 0 Å². The standard InChI is InChI=1S/C13H17FN2O/c1-9-5-12(16(7-9)8-13(15)17)10-3-2-4-11(14)6-10/h2-4,6,9,12H,5,7-8H2,1H3,(H2,15,17). The molecule has 1 heterocycles. The van der Waals surface area contributed by atoms with E-state index in [9.17, 15) is 9.18 Å². The second kappa shape index (κ2) is 4.84. The summed E-state index contributed by atoms with van der Waals surface area (Å²) in [4.78, 5) is 13.0. The van der Waals surface area contributed by atoms with E-state index >= 15 is 0 Å². The molecule has 1 fully saturated rings. The first-order chi connectivity index (χ1) is 8.06. The van der Waals surface area contributed by atoms with Gasteiger partial charge in [0, 0.05) is 12.6 Å². The van der Waals surface area contributed by atoms with Gasteiger partial charge in [0.1, 0.15) is 5.82 Å². The maximum Gasteiger partial charge on any atom is 0.231 e. The minimum atomic E-state index is -0.333. The first-order valence-corrected chi connectivity index (χ1v) is 5.84. The molecule has 0 bridgehead atoms. The average molecular weight is 236 g/mol. The number of hydrogen-bond donors (Lipinski definition) is 1. The molecule has 17 heavy (non-hydrogen) atoms. The van der Waals surface area contributed by atoms with Crippen LogP contribution in [0, 0.1) is 11.7 Å². The zero-order chi connectivity index (χ0) is 12.4. The normalized spacial score (nSPS) is 25.1. The van der Waals surface area contributed by atoms with Crippen molar-refractivity contribution in [1.82, 2.24) is 4.90 Å². The molecule has 2 unspecified atom stereocenters. The van der Waals surface area contributed by atoms with E-state index in [0.29, 0.717) is 5.92 Å². The fourth-order valence-corrected chi connectivity index (χ4v) is 2.57. The lowest BCUT2D eigenvalue weighted by molar-refractivity contribution is -0.119. The third kappa shape index (κ3) is 2.82. The number of rotatable bonds is 3. The summed E-state index contributed by atoms with van der Waals surface area (Å²) in [6.07, 6.45) is 0.941. The highest BCUT2D eigenvalue weighted by molar-refractivity contribution is 5.76. The number of hydrogen-bond acceptors (Lipinski definition) is 2. The minimum absolute atomic E-state index is 0.105. The van der Waals surface area contributed by atoms with Gasteiger partial charge in [0.2, 0.25) is 5.91 Å². The van der Waals surface area contributed by atoms with Crippen molar-refractivity contribution in [2.45, 2.75) is 19.4 Å². The first-order valence-electron chi connectivity index (χ1n) is 5.84. The fraction of sp³-hybridized carbons (Fsp3) is 0.462. The summed E-state index contributed by atoms with van der Waals surface area (Å²) < 4.78 is 13.2. The van der Waals surface area contributed by atoms with E-state index in [1.54, 1.807) is 6.07 Å². The molecule has 3 nitrogen and oxygen atoms in total. The second-order valence-electron chi connectivity index (χ2n) is 4.81. The van der Waals surface area contributed by atoms with Crippen LogP contribution in [0.25, 0.3) is 0 Å². The quantitative estimate of drug-likeness (QED) is 0.868. The Balaban J connectivity index is 2.20. The van der Waals surface area contributed by atoms with E-state index in [4.69, 9.17) is 5.73 Å². The summed E-state index contributed by atoms with van der Waals surface area (Å²) >= 11 is 0. The van der Waals surface area contributed by atoms with Crippen molar-refractivity contribution in [2.75, 3.05) is 13.1 Å². The summed E-state index contributed by atoms with van der Waals surface area (Å²) in [5.41, 5.74) is 6.16. The zero-order valence-electron chi connectivity index (χ0n) is 9.90. The number of primary amides is 1. The summed E-state index contributed by atoms with van der Waals surface area (Å²) in [6.45, 7) is 3.21. The summed E-state index contributed by atoms with van der Waals surface area (Å²) in [5.74, 6) is -0.0656. The van der Waals surface area contributed by atoms with Crippen LogP contribution in [0.4, 0.5) is 4.39 Å². The van der Waals surface area contributed by atoms with Gasteiger partial charge in [-0.2, -0.15) is 0 Å². The number of carbonyl (C=O) groups excluding carboxylic acids is 1. The molecule has 0 saturated carbocycles. The number of halogens is 1. The van der Waals surface area contributed by atoms with E-state index in [1.807, 2.05) is 11.0 Å². The van der Waals surface area contributed by atoms with Crippen LogP contribution in [0.5, 0.6) is 0 Å². The van der Waals surface area contributed by atoms with Gasteiger partial charge in [-0.3, -0.25) is 9.69 Å². The van der Waals surface area contributed by atoms with Crippen LogP contribution in [-0.4, -0.2) is 23.9 Å². The van der Waals surface area contributed by atoms with Crippen molar-refractivity contribution in [3.8, 4) is 0 Å². The Kier molecular flexibility index (Phi) is 3.43. The Bertz CT molecular complexity index is 422. The highest BCUT2D eigenvalue weighted by Gasteiger charge is 2.31.